The van der Waals surface area contributed by atoms with E-state index in [0.29, 0.717) is 32.1 Å². The highest BCUT2D eigenvalue weighted by Gasteiger charge is 2.45. The molecule has 5 rings (SSSR count). The molecule has 2 aromatic rings. The van der Waals surface area contributed by atoms with Gasteiger partial charge in [-0.05, 0) is 60.4 Å². The summed E-state index contributed by atoms with van der Waals surface area (Å²) < 4.78 is 17.2. The molecule has 1 aromatic carbocycles. The molecule has 8 heteroatoms. The quantitative estimate of drug-likeness (QED) is 0.370. The zero-order valence-electron chi connectivity index (χ0n) is 19.6. The number of hydrogen-bond acceptors (Lipinski definition) is 8. The Kier molecular flexibility index (Phi) is 6.31. The summed E-state index contributed by atoms with van der Waals surface area (Å²) in [6.07, 6.45) is 3.90. The topological polar surface area (TPSA) is 81.1 Å². The van der Waals surface area contributed by atoms with E-state index in [-0.39, 0.29) is 13.0 Å². The van der Waals surface area contributed by atoms with Gasteiger partial charge in [0.1, 0.15) is 19.1 Å². The number of carbonyl (C=O) groups is 1. The maximum Gasteiger partial charge on any atom is 0.343 e. The Balaban J connectivity index is 1.64. The van der Waals surface area contributed by atoms with Crippen molar-refractivity contribution in [3.05, 3.63) is 52.2 Å². The molecule has 180 valence electrons. The molecule has 4 heterocycles. The molecular formula is C26H30N2O5S. The molecule has 0 unspecified atom stereocenters. The number of pyridine rings is 1. The highest BCUT2D eigenvalue weighted by atomic mass is 32.1. The molecule has 0 fully saturated rings. The first-order valence-electron chi connectivity index (χ1n) is 11.9. The third-order valence-electron chi connectivity index (χ3n) is 6.89. The molecule has 0 aliphatic carbocycles. The maximum absolute atomic E-state index is 12.5. The van der Waals surface area contributed by atoms with Crippen LogP contribution in [0.15, 0.2) is 35.4 Å². The summed E-state index contributed by atoms with van der Waals surface area (Å²) in [5, 5.41) is 12.3. The fraction of sp³-hybridized carbons (Fsp3) is 0.462. The summed E-state index contributed by atoms with van der Waals surface area (Å²) in [5.74, 6) is 1.02. The minimum atomic E-state index is -1.68. The van der Waals surface area contributed by atoms with Crippen LogP contribution >= 0.6 is 12.6 Å². The van der Waals surface area contributed by atoms with Gasteiger partial charge in [0, 0.05) is 23.1 Å². The fourth-order valence-electron chi connectivity index (χ4n) is 5.02. The molecule has 3 aliphatic rings. The Bertz CT molecular complexity index is 1210. The van der Waals surface area contributed by atoms with Crippen LogP contribution in [0.25, 0.3) is 16.6 Å². The number of aliphatic hydroxyl groups is 1. The van der Waals surface area contributed by atoms with Crippen molar-refractivity contribution in [3.63, 3.8) is 0 Å². The van der Waals surface area contributed by atoms with Crippen LogP contribution < -0.4 is 4.74 Å². The zero-order valence-corrected chi connectivity index (χ0v) is 20.5. The third kappa shape index (κ3) is 3.78. The van der Waals surface area contributed by atoms with E-state index in [1.54, 1.807) is 6.92 Å². The Hall–Kier alpha value is -2.55. The number of ether oxygens (including phenoxy) is 3. The van der Waals surface area contributed by atoms with Gasteiger partial charge in [-0.3, -0.25) is 0 Å². The standard InChI is InChI=1S/C26H30N2O5S/c1-3-18-19-10-17(32-8-5-9-34)6-7-22(19)27-24-20(18)12-28-15-31-13-16-14-33-25(29)26(30,4-2)21(16)11-23(24)28/h6-7,10-11,30,34H,3-5,8-9,12-15H2,1-2H3/b23-11-/t26-/m0/s1. The number of thiol groups is 1. The molecule has 0 saturated heterocycles. The Morgan fingerprint density at radius 3 is 2.91 bits per heavy atom. The summed E-state index contributed by atoms with van der Waals surface area (Å²) in [6, 6.07) is 6.03. The van der Waals surface area contributed by atoms with E-state index in [1.165, 1.54) is 5.56 Å². The number of cyclic esters (lactones) is 1. The molecule has 1 aromatic heterocycles. The van der Waals surface area contributed by atoms with Crippen LogP contribution in [0, 0.1) is 0 Å². The second kappa shape index (κ2) is 9.24. The molecule has 1 N–H and O–H groups in total. The molecular weight excluding hydrogens is 452 g/mol. The van der Waals surface area contributed by atoms with Crippen LogP contribution in [-0.2, 0) is 27.2 Å². The molecule has 7 nitrogen and oxygen atoms in total. The Morgan fingerprint density at radius 1 is 1.29 bits per heavy atom. The number of hydrogen-bond donors (Lipinski definition) is 2. The van der Waals surface area contributed by atoms with E-state index in [2.05, 4.69) is 30.5 Å². The third-order valence-corrected chi connectivity index (χ3v) is 7.21. The predicted molar refractivity (Wildman–Crippen MR) is 133 cm³/mol. The smallest absolute Gasteiger partial charge is 0.343 e. The molecule has 34 heavy (non-hydrogen) atoms. The Labute approximate surface area is 204 Å². The number of aryl methyl sites for hydroxylation is 1. The van der Waals surface area contributed by atoms with Gasteiger partial charge in [0.25, 0.3) is 0 Å². The summed E-state index contributed by atoms with van der Waals surface area (Å²) in [5.41, 5.74) is 4.72. The Morgan fingerprint density at radius 2 is 2.15 bits per heavy atom. The second-order valence-electron chi connectivity index (χ2n) is 8.89. The van der Waals surface area contributed by atoms with Gasteiger partial charge in [-0.15, -0.1) is 0 Å². The average Bonchev–Trinajstić information content (AvgIpc) is 3.16. The van der Waals surface area contributed by atoms with Crippen LogP contribution in [0.4, 0.5) is 0 Å². The van der Waals surface area contributed by atoms with Gasteiger partial charge in [-0.25, -0.2) is 9.78 Å². The van der Waals surface area contributed by atoms with Crippen LogP contribution in [0.5, 0.6) is 5.75 Å². The summed E-state index contributed by atoms with van der Waals surface area (Å²) in [6.45, 7) is 6.07. The number of rotatable bonds is 6. The van der Waals surface area contributed by atoms with Crippen molar-refractivity contribution in [1.29, 1.82) is 0 Å². The van der Waals surface area contributed by atoms with E-state index in [9.17, 15) is 9.90 Å². The van der Waals surface area contributed by atoms with Crippen LogP contribution in [0.2, 0.25) is 0 Å². The highest BCUT2D eigenvalue weighted by Crippen LogP contribution is 2.42. The van der Waals surface area contributed by atoms with Crippen molar-refractivity contribution in [2.45, 2.75) is 45.3 Å². The first-order chi connectivity index (χ1) is 16.5. The lowest BCUT2D eigenvalue weighted by Gasteiger charge is -2.35. The van der Waals surface area contributed by atoms with Gasteiger partial charge in [0.15, 0.2) is 5.60 Å². The number of carbonyl (C=O) groups excluding carboxylic acids is 1. The predicted octanol–water partition coefficient (Wildman–Crippen LogP) is 3.63. The SMILES string of the molecule is CCc1c2c(nc3ccc(OCCCS)cc13)/C1=C/C3=C(COCN1C2)COC(=O)[C@]3(O)CC. The van der Waals surface area contributed by atoms with Crippen molar-refractivity contribution in [1.82, 2.24) is 9.88 Å². The second-order valence-corrected chi connectivity index (χ2v) is 9.34. The minimum Gasteiger partial charge on any atom is -0.494 e. The lowest BCUT2D eigenvalue weighted by atomic mass is 9.84. The molecule has 0 amide bonds. The van der Waals surface area contributed by atoms with E-state index < -0.39 is 11.6 Å². The summed E-state index contributed by atoms with van der Waals surface area (Å²) in [4.78, 5) is 19.7. The van der Waals surface area contributed by atoms with Gasteiger partial charge in [-0.2, -0.15) is 12.6 Å². The summed E-state index contributed by atoms with van der Waals surface area (Å²) >= 11 is 4.25. The molecule has 3 aliphatic heterocycles. The number of nitrogens with zero attached hydrogens (tertiary/aromatic N) is 2. The van der Waals surface area contributed by atoms with Crippen molar-refractivity contribution < 1.29 is 24.1 Å². The lowest BCUT2D eigenvalue weighted by molar-refractivity contribution is -0.163. The molecule has 0 spiro atoms. The number of aromatic nitrogens is 1. The normalized spacial score (nSPS) is 23.5. The first-order valence-corrected chi connectivity index (χ1v) is 12.5. The van der Waals surface area contributed by atoms with Gasteiger partial charge in [0.2, 0.25) is 0 Å². The molecule has 0 bridgehead atoms. The van der Waals surface area contributed by atoms with E-state index >= 15 is 0 Å². The van der Waals surface area contributed by atoms with Crippen molar-refractivity contribution in [3.8, 4) is 5.75 Å². The monoisotopic (exact) mass is 482 g/mol. The number of esters is 1. The molecule has 1 atom stereocenters. The van der Waals surface area contributed by atoms with E-state index in [0.717, 1.165) is 57.8 Å². The van der Waals surface area contributed by atoms with Crippen molar-refractivity contribution >= 4 is 35.2 Å². The zero-order chi connectivity index (χ0) is 23.9. The fourth-order valence-corrected chi connectivity index (χ4v) is 5.15. The largest absolute Gasteiger partial charge is 0.494 e. The number of fused-ring (bicyclic) bond motifs is 4. The van der Waals surface area contributed by atoms with E-state index in [1.807, 2.05) is 18.2 Å². The van der Waals surface area contributed by atoms with Crippen molar-refractivity contribution in [2.75, 3.05) is 32.3 Å². The molecule has 0 saturated carbocycles. The molecule has 0 radical (unpaired) electrons. The van der Waals surface area contributed by atoms with Gasteiger partial charge in [-0.1, -0.05) is 13.8 Å². The number of benzene rings is 1. The van der Waals surface area contributed by atoms with Gasteiger partial charge in [0.05, 0.1) is 30.1 Å². The highest BCUT2D eigenvalue weighted by molar-refractivity contribution is 7.80. The van der Waals surface area contributed by atoms with Crippen LogP contribution in [-0.4, -0.2) is 58.9 Å². The maximum atomic E-state index is 12.5. The first kappa shape index (κ1) is 23.2. The average molecular weight is 483 g/mol. The van der Waals surface area contributed by atoms with Gasteiger partial charge >= 0.3 is 5.97 Å². The van der Waals surface area contributed by atoms with E-state index in [4.69, 9.17) is 19.2 Å². The summed E-state index contributed by atoms with van der Waals surface area (Å²) in [7, 11) is 0. The van der Waals surface area contributed by atoms with Crippen molar-refractivity contribution in [2.24, 2.45) is 0 Å². The van der Waals surface area contributed by atoms with Gasteiger partial charge < -0.3 is 24.2 Å². The minimum absolute atomic E-state index is 0.133. The van der Waals surface area contributed by atoms with Crippen LogP contribution in [0.1, 0.15) is 43.5 Å². The lowest BCUT2D eigenvalue weighted by Crippen LogP contribution is -2.46. The van der Waals surface area contributed by atoms with Crippen LogP contribution in [0.3, 0.4) is 0 Å².